The molecule has 0 atom stereocenters. The zero-order valence-corrected chi connectivity index (χ0v) is 16.1. The largest absolute Gasteiger partial charge is 0.389 e. The average molecular weight is 382 g/mol. The molecule has 4 rings (SSSR count). The predicted molar refractivity (Wildman–Crippen MR) is 108 cm³/mol. The maximum absolute atomic E-state index is 9.38. The highest BCUT2D eigenvalue weighted by atomic mass is 32.1. The van der Waals surface area contributed by atoms with Gasteiger partial charge in [-0.1, -0.05) is 18.2 Å². The molecule has 1 saturated heterocycles. The second-order valence-corrected chi connectivity index (χ2v) is 7.69. The summed E-state index contributed by atoms with van der Waals surface area (Å²) in [5, 5.41) is 13.5. The second-order valence-electron chi connectivity index (χ2n) is 6.61. The van der Waals surface area contributed by atoms with E-state index in [4.69, 9.17) is 4.98 Å². The number of para-hydroxylation sites is 1. The molecule has 1 aromatic carbocycles. The van der Waals surface area contributed by atoms with Crippen LogP contribution in [0.5, 0.6) is 0 Å². The molecule has 2 aromatic heterocycles. The Labute approximate surface area is 162 Å². The number of nitrogens with zero attached hydrogens (tertiary/aromatic N) is 4. The summed E-state index contributed by atoms with van der Waals surface area (Å²) in [6, 6.07) is 12.6. The number of aliphatic hydroxyl groups excluding tert-OH is 1. The molecule has 0 aliphatic carbocycles. The predicted octanol–water partition coefficient (Wildman–Crippen LogP) is 3.29. The standard InChI is InChI=1S/C20H23N5OS/c1-14-19(27-18(13-26)23-14)17-9-12-22-20(24-17)25(15-5-3-2-4-6-15)16-7-10-21-11-8-16/h2-6,9,12,16,21,26H,7-8,10-11,13H2,1H3. The number of aliphatic hydroxyl groups is 1. The van der Waals surface area contributed by atoms with E-state index in [2.05, 4.69) is 32.3 Å². The average Bonchev–Trinajstić information content (AvgIpc) is 3.11. The fourth-order valence-electron chi connectivity index (χ4n) is 3.49. The van der Waals surface area contributed by atoms with Crippen molar-refractivity contribution in [1.82, 2.24) is 20.3 Å². The minimum absolute atomic E-state index is 0.0470. The fraction of sp³-hybridized carbons (Fsp3) is 0.350. The zero-order chi connectivity index (χ0) is 18.6. The Balaban J connectivity index is 1.75. The summed E-state index contributed by atoms with van der Waals surface area (Å²) in [7, 11) is 0. The molecule has 0 radical (unpaired) electrons. The lowest BCUT2D eigenvalue weighted by atomic mass is 10.0. The van der Waals surface area contributed by atoms with Gasteiger partial charge in [-0.05, 0) is 51.1 Å². The highest BCUT2D eigenvalue weighted by Gasteiger charge is 2.25. The normalized spacial score (nSPS) is 15.0. The molecule has 0 spiro atoms. The second kappa shape index (κ2) is 8.12. The Morgan fingerprint density at radius 2 is 1.93 bits per heavy atom. The van der Waals surface area contributed by atoms with Crippen LogP contribution in [0.1, 0.15) is 23.5 Å². The summed E-state index contributed by atoms with van der Waals surface area (Å²) in [5.41, 5.74) is 2.85. The minimum atomic E-state index is -0.0470. The van der Waals surface area contributed by atoms with Gasteiger partial charge in [-0.25, -0.2) is 15.0 Å². The molecular formula is C20H23N5OS. The Bertz CT molecular complexity index is 892. The van der Waals surface area contributed by atoms with Gasteiger partial charge in [0.05, 0.1) is 22.9 Å². The molecule has 3 aromatic rings. The van der Waals surface area contributed by atoms with Gasteiger partial charge in [0.15, 0.2) is 0 Å². The first-order chi connectivity index (χ1) is 13.3. The Hall–Kier alpha value is -2.35. The molecule has 1 fully saturated rings. The number of anilines is 2. The van der Waals surface area contributed by atoms with E-state index >= 15 is 0 Å². The van der Waals surface area contributed by atoms with Gasteiger partial charge in [-0.15, -0.1) is 11.3 Å². The summed E-state index contributed by atoms with van der Waals surface area (Å²) in [6.07, 6.45) is 3.92. The van der Waals surface area contributed by atoms with Crippen molar-refractivity contribution in [2.75, 3.05) is 18.0 Å². The van der Waals surface area contributed by atoms with Gasteiger partial charge in [0, 0.05) is 17.9 Å². The summed E-state index contributed by atoms with van der Waals surface area (Å²) in [4.78, 5) is 17.1. The molecule has 0 unspecified atom stereocenters. The zero-order valence-electron chi connectivity index (χ0n) is 15.3. The van der Waals surface area contributed by atoms with Crippen molar-refractivity contribution in [3.05, 3.63) is 53.3 Å². The third-order valence-corrected chi connectivity index (χ3v) is 5.94. The lowest BCUT2D eigenvalue weighted by molar-refractivity contribution is 0.281. The van der Waals surface area contributed by atoms with Crippen LogP contribution in [-0.4, -0.2) is 39.2 Å². The van der Waals surface area contributed by atoms with E-state index in [1.165, 1.54) is 11.3 Å². The van der Waals surface area contributed by atoms with Crippen molar-refractivity contribution in [2.45, 2.75) is 32.4 Å². The van der Waals surface area contributed by atoms with Crippen LogP contribution >= 0.6 is 11.3 Å². The van der Waals surface area contributed by atoms with E-state index in [-0.39, 0.29) is 6.61 Å². The first-order valence-corrected chi connectivity index (χ1v) is 10.0. The Morgan fingerprint density at radius 3 is 2.63 bits per heavy atom. The van der Waals surface area contributed by atoms with Crippen LogP contribution in [0, 0.1) is 6.92 Å². The molecule has 7 heteroatoms. The maximum Gasteiger partial charge on any atom is 0.230 e. The van der Waals surface area contributed by atoms with E-state index in [0.29, 0.717) is 17.0 Å². The molecule has 6 nitrogen and oxygen atoms in total. The van der Waals surface area contributed by atoms with Crippen LogP contribution in [-0.2, 0) is 6.61 Å². The number of nitrogens with one attached hydrogen (secondary N) is 1. The molecule has 140 valence electrons. The maximum atomic E-state index is 9.38. The summed E-state index contributed by atoms with van der Waals surface area (Å²) in [6.45, 7) is 3.91. The third-order valence-electron chi connectivity index (χ3n) is 4.78. The van der Waals surface area contributed by atoms with E-state index < -0.39 is 0 Å². The van der Waals surface area contributed by atoms with Crippen molar-refractivity contribution in [3.63, 3.8) is 0 Å². The van der Waals surface area contributed by atoms with Gasteiger partial charge in [0.25, 0.3) is 0 Å². The van der Waals surface area contributed by atoms with Gasteiger partial charge in [0.1, 0.15) is 5.01 Å². The van der Waals surface area contributed by atoms with Crippen molar-refractivity contribution in [3.8, 4) is 10.6 Å². The van der Waals surface area contributed by atoms with Crippen molar-refractivity contribution in [2.24, 2.45) is 0 Å². The topological polar surface area (TPSA) is 74.2 Å². The Kier molecular flexibility index (Phi) is 5.42. The highest BCUT2D eigenvalue weighted by Crippen LogP contribution is 2.32. The molecular weight excluding hydrogens is 358 g/mol. The summed E-state index contributed by atoms with van der Waals surface area (Å²) in [5.74, 6) is 0.712. The smallest absolute Gasteiger partial charge is 0.230 e. The number of hydrogen-bond donors (Lipinski definition) is 2. The third kappa shape index (κ3) is 3.85. The van der Waals surface area contributed by atoms with Crippen molar-refractivity contribution in [1.29, 1.82) is 0 Å². The van der Waals surface area contributed by atoms with Crippen LogP contribution < -0.4 is 10.2 Å². The lowest BCUT2D eigenvalue weighted by Gasteiger charge is -2.34. The quantitative estimate of drug-likeness (QED) is 0.706. The lowest BCUT2D eigenvalue weighted by Crippen LogP contribution is -2.41. The molecule has 2 N–H and O–H groups in total. The van der Waals surface area contributed by atoms with E-state index in [0.717, 1.165) is 47.9 Å². The number of thiazole rings is 1. The van der Waals surface area contributed by atoms with Crippen LogP contribution in [0.15, 0.2) is 42.6 Å². The first kappa shape index (κ1) is 18.0. The number of rotatable bonds is 5. The number of benzene rings is 1. The van der Waals surface area contributed by atoms with Crippen LogP contribution in [0.2, 0.25) is 0 Å². The number of aryl methyl sites for hydroxylation is 1. The molecule has 0 bridgehead atoms. The van der Waals surface area contributed by atoms with Crippen molar-refractivity contribution < 1.29 is 5.11 Å². The van der Waals surface area contributed by atoms with Crippen LogP contribution in [0.4, 0.5) is 11.6 Å². The van der Waals surface area contributed by atoms with E-state index in [1.54, 1.807) is 0 Å². The van der Waals surface area contributed by atoms with Gasteiger partial charge >= 0.3 is 0 Å². The summed E-state index contributed by atoms with van der Waals surface area (Å²) >= 11 is 1.48. The van der Waals surface area contributed by atoms with Gasteiger partial charge in [0.2, 0.25) is 5.95 Å². The van der Waals surface area contributed by atoms with Crippen LogP contribution in [0.3, 0.4) is 0 Å². The van der Waals surface area contributed by atoms with Gasteiger partial charge in [-0.2, -0.15) is 0 Å². The summed E-state index contributed by atoms with van der Waals surface area (Å²) < 4.78 is 0. The number of aromatic nitrogens is 3. The number of piperidine rings is 1. The first-order valence-electron chi connectivity index (χ1n) is 9.22. The van der Waals surface area contributed by atoms with Gasteiger partial charge < -0.3 is 15.3 Å². The fourth-order valence-corrected chi connectivity index (χ4v) is 4.39. The highest BCUT2D eigenvalue weighted by molar-refractivity contribution is 7.15. The van der Waals surface area contributed by atoms with E-state index in [9.17, 15) is 5.11 Å². The molecule has 0 saturated carbocycles. The Morgan fingerprint density at radius 1 is 1.15 bits per heavy atom. The molecule has 3 heterocycles. The molecule has 1 aliphatic rings. The van der Waals surface area contributed by atoms with Crippen LogP contribution in [0.25, 0.3) is 10.6 Å². The molecule has 0 amide bonds. The van der Waals surface area contributed by atoms with Gasteiger partial charge in [-0.3, -0.25) is 0 Å². The SMILES string of the molecule is Cc1nc(CO)sc1-c1ccnc(N(c2ccccc2)C2CCNCC2)n1. The van der Waals surface area contributed by atoms with Crippen molar-refractivity contribution >= 4 is 23.0 Å². The number of hydrogen-bond acceptors (Lipinski definition) is 7. The monoisotopic (exact) mass is 381 g/mol. The molecule has 27 heavy (non-hydrogen) atoms. The molecule has 1 aliphatic heterocycles. The minimum Gasteiger partial charge on any atom is -0.389 e. The van der Waals surface area contributed by atoms with E-state index in [1.807, 2.05) is 37.4 Å².